The van der Waals surface area contributed by atoms with Crippen LogP contribution in [0.25, 0.3) is 0 Å². The van der Waals surface area contributed by atoms with Gasteiger partial charge in [-0.15, -0.1) is 0 Å². The van der Waals surface area contributed by atoms with E-state index in [1.54, 1.807) is 0 Å². The van der Waals surface area contributed by atoms with E-state index in [4.69, 9.17) is 0 Å². The van der Waals surface area contributed by atoms with Crippen LogP contribution in [0.4, 0.5) is 5.69 Å². The molecule has 1 amide bonds. The molecule has 1 aliphatic heterocycles. The topological polar surface area (TPSA) is 52.6 Å². The number of hydrogen-bond acceptors (Lipinski definition) is 3. The lowest BCUT2D eigenvalue weighted by atomic mass is 10.1. The van der Waals surface area contributed by atoms with Crippen LogP contribution in [-0.4, -0.2) is 41.7 Å². The predicted octanol–water partition coefficient (Wildman–Crippen LogP) is 1.86. The molecule has 0 aliphatic carbocycles. The fraction of sp³-hybridized carbons (Fsp3) is 0.533. The van der Waals surface area contributed by atoms with Crippen molar-refractivity contribution in [1.29, 1.82) is 0 Å². The Hall–Kier alpha value is -1.39. The zero-order valence-electron chi connectivity index (χ0n) is 11.2. The van der Waals surface area contributed by atoms with Crippen molar-refractivity contribution in [2.24, 2.45) is 0 Å². The first-order chi connectivity index (χ1) is 9.29. The molecular formula is C15H22N2O2. The Balaban J connectivity index is 1.89. The van der Waals surface area contributed by atoms with Gasteiger partial charge in [-0.25, -0.2) is 0 Å². The first kappa shape index (κ1) is 14.0. The second kappa shape index (κ2) is 7.26. The molecule has 0 aromatic heterocycles. The van der Waals surface area contributed by atoms with Crippen molar-refractivity contribution in [2.75, 3.05) is 25.0 Å². The lowest BCUT2D eigenvalue weighted by Crippen LogP contribution is -2.42. The highest BCUT2D eigenvalue weighted by atomic mass is 16.3. The fourth-order valence-corrected chi connectivity index (χ4v) is 2.56. The average molecular weight is 262 g/mol. The van der Waals surface area contributed by atoms with Gasteiger partial charge in [0.05, 0.1) is 13.2 Å². The van der Waals surface area contributed by atoms with Crippen LogP contribution in [0.1, 0.15) is 25.7 Å². The molecule has 1 unspecified atom stereocenters. The summed E-state index contributed by atoms with van der Waals surface area (Å²) in [5, 5.41) is 12.3. The van der Waals surface area contributed by atoms with Crippen molar-refractivity contribution in [2.45, 2.75) is 31.7 Å². The largest absolute Gasteiger partial charge is 0.395 e. The summed E-state index contributed by atoms with van der Waals surface area (Å²) in [5.41, 5.74) is 0.822. The van der Waals surface area contributed by atoms with Crippen LogP contribution in [0.2, 0.25) is 0 Å². The summed E-state index contributed by atoms with van der Waals surface area (Å²) < 4.78 is 0. The Morgan fingerprint density at radius 1 is 1.26 bits per heavy atom. The number of carbonyl (C=O) groups is 1. The summed E-state index contributed by atoms with van der Waals surface area (Å²) in [6, 6.07) is 9.61. The molecule has 2 rings (SSSR count). The van der Waals surface area contributed by atoms with Gasteiger partial charge in [0.25, 0.3) is 0 Å². The molecule has 0 saturated carbocycles. The quantitative estimate of drug-likeness (QED) is 0.871. The monoisotopic (exact) mass is 262 g/mol. The molecule has 4 heteroatoms. The summed E-state index contributed by atoms with van der Waals surface area (Å²) in [5.74, 6) is -0.00782. The van der Waals surface area contributed by atoms with Crippen LogP contribution in [0.5, 0.6) is 0 Å². The number of nitrogens with zero attached hydrogens (tertiary/aromatic N) is 1. The van der Waals surface area contributed by atoms with Gasteiger partial charge in [-0.3, -0.25) is 9.69 Å². The molecule has 2 N–H and O–H groups in total. The maximum absolute atomic E-state index is 12.0. The van der Waals surface area contributed by atoms with Crippen molar-refractivity contribution >= 4 is 11.6 Å². The lowest BCUT2D eigenvalue weighted by molar-refractivity contribution is -0.118. The highest BCUT2D eigenvalue weighted by Crippen LogP contribution is 2.16. The van der Waals surface area contributed by atoms with Gasteiger partial charge in [0, 0.05) is 11.7 Å². The Morgan fingerprint density at radius 3 is 2.79 bits per heavy atom. The molecular weight excluding hydrogens is 240 g/mol. The van der Waals surface area contributed by atoms with Crippen molar-refractivity contribution in [3.05, 3.63) is 30.3 Å². The summed E-state index contributed by atoms with van der Waals surface area (Å²) in [6.45, 7) is 1.40. The van der Waals surface area contributed by atoms with E-state index in [9.17, 15) is 9.90 Å². The SMILES string of the molecule is O=C(CN1CCCCCC1CO)Nc1ccccc1. The van der Waals surface area contributed by atoms with Gasteiger partial charge in [-0.1, -0.05) is 31.0 Å². The molecule has 104 valence electrons. The number of benzene rings is 1. The van der Waals surface area contributed by atoms with E-state index in [2.05, 4.69) is 10.2 Å². The number of rotatable bonds is 4. The van der Waals surface area contributed by atoms with Gasteiger partial charge < -0.3 is 10.4 Å². The van der Waals surface area contributed by atoms with Crippen molar-refractivity contribution < 1.29 is 9.90 Å². The Bertz CT molecular complexity index is 394. The van der Waals surface area contributed by atoms with E-state index in [0.29, 0.717) is 6.54 Å². The van der Waals surface area contributed by atoms with Gasteiger partial charge >= 0.3 is 0 Å². The molecule has 1 fully saturated rings. The fourth-order valence-electron chi connectivity index (χ4n) is 2.56. The molecule has 19 heavy (non-hydrogen) atoms. The number of para-hydroxylation sites is 1. The van der Waals surface area contributed by atoms with Crippen molar-refractivity contribution in [3.63, 3.8) is 0 Å². The van der Waals surface area contributed by atoms with E-state index in [1.165, 1.54) is 6.42 Å². The zero-order chi connectivity index (χ0) is 13.5. The molecule has 0 bridgehead atoms. The number of aliphatic hydroxyl groups is 1. The van der Waals surface area contributed by atoms with Gasteiger partial charge in [-0.2, -0.15) is 0 Å². The average Bonchev–Trinajstić information content (AvgIpc) is 2.64. The van der Waals surface area contributed by atoms with Crippen LogP contribution in [-0.2, 0) is 4.79 Å². The Morgan fingerprint density at radius 2 is 2.05 bits per heavy atom. The molecule has 1 saturated heterocycles. The van der Waals surface area contributed by atoms with Crippen LogP contribution >= 0.6 is 0 Å². The number of anilines is 1. The molecule has 1 heterocycles. The number of aliphatic hydroxyl groups excluding tert-OH is 1. The van der Waals surface area contributed by atoms with E-state index in [0.717, 1.165) is 31.5 Å². The minimum atomic E-state index is -0.00782. The van der Waals surface area contributed by atoms with Gasteiger partial charge in [0.15, 0.2) is 0 Å². The number of nitrogens with one attached hydrogen (secondary N) is 1. The predicted molar refractivity (Wildman–Crippen MR) is 76.0 cm³/mol. The molecule has 1 aliphatic rings. The highest BCUT2D eigenvalue weighted by molar-refractivity contribution is 5.92. The normalized spacial score (nSPS) is 20.8. The number of hydrogen-bond donors (Lipinski definition) is 2. The minimum absolute atomic E-state index is 0.00782. The minimum Gasteiger partial charge on any atom is -0.395 e. The number of likely N-dealkylation sites (tertiary alicyclic amines) is 1. The van der Waals surface area contributed by atoms with Crippen LogP contribution in [0.3, 0.4) is 0 Å². The summed E-state index contributed by atoms with van der Waals surface area (Å²) in [6.07, 6.45) is 4.42. The third kappa shape index (κ3) is 4.33. The smallest absolute Gasteiger partial charge is 0.238 e. The molecule has 1 atom stereocenters. The third-order valence-corrected chi connectivity index (χ3v) is 3.61. The van der Waals surface area contributed by atoms with Crippen molar-refractivity contribution in [3.8, 4) is 0 Å². The maximum Gasteiger partial charge on any atom is 0.238 e. The van der Waals surface area contributed by atoms with Crippen LogP contribution in [0.15, 0.2) is 30.3 Å². The van der Waals surface area contributed by atoms with Gasteiger partial charge in [0.2, 0.25) is 5.91 Å². The second-order valence-corrected chi connectivity index (χ2v) is 5.07. The van der Waals surface area contributed by atoms with Crippen LogP contribution in [0, 0.1) is 0 Å². The summed E-state index contributed by atoms with van der Waals surface area (Å²) >= 11 is 0. The Labute approximate surface area is 114 Å². The van der Waals surface area contributed by atoms with Gasteiger partial charge in [-0.05, 0) is 31.5 Å². The van der Waals surface area contributed by atoms with Crippen LogP contribution < -0.4 is 5.32 Å². The van der Waals surface area contributed by atoms with E-state index < -0.39 is 0 Å². The van der Waals surface area contributed by atoms with Gasteiger partial charge in [0.1, 0.15) is 0 Å². The zero-order valence-corrected chi connectivity index (χ0v) is 11.2. The standard InChI is InChI=1S/C15H22N2O2/c18-12-14-9-5-2-6-10-17(14)11-15(19)16-13-7-3-1-4-8-13/h1,3-4,7-8,14,18H,2,5-6,9-12H2,(H,16,19). The van der Waals surface area contributed by atoms with E-state index in [1.807, 2.05) is 30.3 Å². The van der Waals surface area contributed by atoms with Crippen molar-refractivity contribution in [1.82, 2.24) is 4.90 Å². The second-order valence-electron chi connectivity index (χ2n) is 5.07. The Kier molecular flexibility index (Phi) is 5.36. The third-order valence-electron chi connectivity index (χ3n) is 3.61. The highest BCUT2D eigenvalue weighted by Gasteiger charge is 2.22. The lowest BCUT2D eigenvalue weighted by Gasteiger charge is -2.27. The maximum atomic E-state index is 12.0. The number of amides is 1. The molecule has 1 aromatic carbocycles. The summed E-state index contributed by atoms with van der Waals surface area (Å²) in [7, 11) is 0. The summed E-state index contributed by atoms with van der Waals surface area (Å²) in [4.78, 5) is 14.1. The van der Waals surface area contributed by atoms with E-state index in [-0.39, 0.29) is 18.6 Å². The van der Waals surface area contributed by atoms with E-state index >= 15 is 0 Å². The molecule has 0 radical (unpaired) electrons. The molecule has 4 nitrogen and oxygen atoms in total. The number of carbonyl (C=O) groups excluding carboxylic acids is 1. The molecule has 1 aromatic rings. The first-order valence-electron chi connectivity index (χ1n) is 6.99. The molecule has 0 spiro atoms. The first-order valence-corrected chi connectivity index (χ1v) is 6.99.